The summed E-state index contributed by atoms with van der Waals surface area (Å²) in [6, 6.07) is 0. The summed E-state index contributed by atoms with van der Waals surface area (Å²) >= 11 is 0. The molecule has 0 aromatic rings. The number of hydrogen-bond donors (Lipinski definition) is 2. The summed E-state index contributed by atoms with van der Waals surface area (Å²) in [7, 11) is -3.47. The van der Waals surface area contributed by atoms with Gasteiger partial charge in [0.15, 0.2) is 0 Å². The van der Waals surface area contributed by atoms with Gasteiger partial charge in [-0.3, -0.25) is 4.79 Å². The van der Waals surface area contributed by atoms with Gasteiger partial charge in [0.1, 0.15) is 5.75 Å². The molecule has 1 heterocycles. The van der Waals surface area contributed by atoms with Crippen LogP contribution in [0.3, 0.4) is 0 Å². The highest BCUT2D eigenvalue weighted by Gasteiger charge is 2.22. The van der Waals surface area contributed by atoms with Gasteiger partial charge in [-0.1, -0.05) is 13.8 Å². The highest BCUT2D eigenvalue weighted by atomic mass is 35.5. The number of nitrogens with zero attached hydrogens (tertiary/aromatic N) is 1. The molecule has 1 saturated heterocycles. The topological polar surface area (TPSA) is 78.5 Å². The maximum Gasteiger partial charge on any atom is 0.236 e. The van der Waals surface area contributed by atoms with Crippen LogP contribution in [0.1, 0.15) is 33.1 Å². The van der Waals surface area contributed by atoms with Gasteiger partial charge in [0.05, 0.1) is 0 Å². The zero-order chi connectivity index (χ0) is 15.0. The van der Waals surface area contributed by atoms with Crippen LogP contribution in [0.25, 0.3) is 0 Å². The van der Waals surface area contributed by atoms with E-state index in [0.29, 0.717) is 25.6 Å². The molecule has 0 radical (unpaired) electrons. The van der Waals surface area contributed by atoms with Crippen molar-refractivity contribution in [1.29, 1.82) is 0 Å². The minimum atomic E-state index is -3.47. The molecule has 2 N–H and O–H groups in total. The summed E-state index contributed by atoms with van der Waals surface area (Å²) in [5.74, 6) is -0.262. The van der Waals surface area contributed by atoms with E-state index in [1.54, 1.807) is 13.8 Å². The zero-order valence-corrected chi connectivity index (χ0v) is 14.6. The van der Waals surface area contributed by atoms with E-state index < -0.39 is 21.7 Å². The number of nitrogens with one attached hydrogen (secondary N) is 2. The third-order valence-electron chi connectivity index (χ3n) is 3.69. The molecule has 1 aliphatic rings. The lowest BCUT2D eigenvalue weighted by Crippen LogP contribution is -2.40. The molecule has 0 bridgehead atoms. The molecule has 0 spiro atoms. The van der Waals surface area contributed by atoms with Crippen molar-refractivity contribution in [2.24, 2.45) is 5.92 Å². The van der Waals surface area contributed by atoms with Gasteiger partial charge in [-0.15, -0.1) is 12.4 Å². The van der Waals surface area contributed by atoms with Crippen molar-refractivity contribution < 1.29 is 13.2 Å². The SMILES string of the molecule is CCN(CC)S(=O)(=O)CC(=O)NCCC1CCCNC1.Cl. The minimum absolute atomic E-state index is 0. The second-order valence-corrected chi connectivity index (χ2v) is 7.16. The molecule has 1 fully saturated rings. The molecular formula is C13H28ClN3O3S. The lowest BCUT2D eigenvalue weighted by molar-refractivity contribution is -0.118. The van der Waals surface area contributed by atoms with Crippen LogP contribution in [0.5, 0.6) is 0 Å². The second kappa shape index (κ2) is 10.4. The number of carbonyl (C=O) groups excluding carboxylic acids is 1. The van der Waals surface area contributed by atoms with Gasteiger partial charge >= 0.3 is 0 Å². The fraction of sp³-hybridized carbons (Fsp3) is 0.923. The minimum Gasteiger partial charge on any atom is -0.355 e. The van der Waals surface area contributed by atoms with Gasteiger partial charge in [0.2, 0.25) is 15.9 Å². The number of halogens is 1. The summed E-state index contributed by atoms with van der Waals surface area (Å²) in [6.45, 7) is 6.97. The summed E-state index contributed by atoms with van der Waals surface area (Å²) in [6.07, 6.45) is 3.26. The Kier molecular flexibility index (Phi) is 10.2. The van der Waals surface area contributed by atoms with Crippen molar-refractivity contribution in [3.8, 4) is 0 Å². The van der Waals surface area contributed by atoms with Crippen LogP contribution in [0.15, 0.2) is 0 Å². The van der Waals surface area contributed by atoms with E-state index in [0.717, 1.165) is 19.5 Å². The molecule has 6 nitrogen and oxygen atoms in total. The first-order valence-corrected chi connectivity index (χ1v) is 9.05. The predicted molar refractivity (Wildman–Crippen MR) is 87.2 cm³/mol. The Bertz CT molecular complexity index is 393. The fourth-order valence-electron chi connectivity index (χ4n) is 2.51. The average Bonchev–Trinajstić information content (AvgIpc) is 2.40. The quantitative estimate of drug-likeness (QED) is 0.677. The molecule has 126 valence electrons. The van der Waals surface area contributed by atoms with Crippen molar-refractivity contribution in [1.82, 2.24) is 14.9 Å². The summed E-state index contributed by atoms with van der Waals surface area (Å²) in [5, 5.41) is 6.04. The van der Waals surface area contributed by atoms with Crippen molar-refractivity contribution in [2.45, 2.75) is 33.1 Å². The van der Waals surface area contributed by atoms with E-state index in [-0.39, 0.29) is 12.4 Å². The van der Waals surface area contributed by atoms with Gasteiger partial charge in [-0.05, 0) is 38.3 Å². The molecule has 0 aromatic heterocycles. The predicted octanol–water partition coefficient (Wildman–Crippen LogP) is 0.586. The summed E-state index contributed by atoms with van der Waals surface area (Å²) < 4.78 is 25.2. The van der Waals surface area contributed by atoms with E-state index in [9.17, 15) is 13.2 Å². The number of rotatable bonds is 8. The summed E-state index contributed by atoms with van der Waals surface area (Å²) in [4.78, 5) is 11.7. The standard InChI is InChI=1S/C13H27N3O3S.ClH/c1-3-16(4-2)20(18,19)11-13(17)15-9-7-12-6-5-8-14-10-12;/h12,14H,3-11H2,1-2H3,(H,15,17);1H. The number of piperidine rings is 1. The van der Waals surface area contributed by atoms with Crippen molar-refractivity contribution in [3.05, 3.63) is 0 Å². The van der Waals surface area contributed by atoms with E-state index in [1.807, 2.05) is 0 Å². The lowest BCUT2D eigenvalue weighted by atomic mass is 9.96. The molecule has 1 unspecified atom stereocenters. The first kappa shape index (κ1) is 20.6. The van der Waals surface area contributed by atoms with Gasteiger partial charge in [0, 0.05) is 19.6 Å². The number of hydrogen-bond acceptors (Lipinski definition) is 4. The number of amides is 1. The van der Waals surface area contributed by atoms with Crippen LogP contribution in [0.4, 0.5) is 0 Å². The number of carbonyl (C=O) groups is 1. The van der Waals surface area contributed by atoms with Crippen molar-refractivity contribution >= 4 is 28.3 Å². The smallest absolute Gasteiger partial charge is 0.236 e. The molecule has 0 aromatic carbocycles. The van der Waals surface area contributed by atoms with Gasteiger partial charge in [-0.25, -0.2) is 12.7 Å². The molecule has 1 rings (SSSR count). The molecule has 1 aliphatic heterocycles. The Labute approximate surface area is 134 Å². The first-order valence-electron chi connectivity index (χ1n) is 7.44. The van der Waals surface area contributed by atoms with E-state index in [1.165, 1.54) is 17.1 Å². The Morgan fingerprint density at radius 3 is 2.52 bits per heavy atom. The Hall–Kier alpha value is -0.370. The van der Waals surface area contributed by atoms with Gasteiger partial charge in [0.25, 0.3) is 0 Å². The first-order chi connectivity index (χ1) is 9.49. The zero-order valence-electron chi connectivity index (χ0n) is 12.9. The Morgan fingerprint density at radius 2 is 2.00 bits per heavy atom. The van der Waals surface area contributed by atoms with Crippen LogP contribution in [0, 0.1) is 5.92 Å². The van der Waals surface area contributed by atoms with Crippen LogP contribution >= 0.6 is 12.4 Å². The largest absolute Gasteiger partial charge is 0.355 e. The Morgan fingerprint density at radius 1 is 1.33 bits per heavy atom. The van der Waals surface area contributed by atoms with E-state index >= 15 is 0 Å². The van der Waals surface area contributed by atoms with Gasteiger partial charge in [-0.2, -0.15) is 0 Å². The van der Waals surface area contributed by atoms with E-state index in [2.05, 4.69) is 10.6 Å². The molecule has 8 heteroatoms. The van der Waals surface area contributed by atoms with Crippen LogP contribution in [-0.4, -0.2) is 57.1 Å². The van der Waals surface area contributed by atoms with Crippen LogP contribution in [0.2, 0.25) is 0 Å². The molecule has 21 heavy (non-hydrogen) atoms. The lowest BCUT2D eigenvalue weighted by Gasteiger charge is -2.22. The highest BCUT2D eigenvalue weighted by molar-refractivity contribution is 7.89. The fourth-order valence-corrected chi connectivity index (χ4v) is 3.91. The average molecular weight is 342 g/mol. The second-order valence-electron chi connectivity index (χ2n) is 5.19. The maximum absolute atomic E-state index is 11.9. The third kappa shape index (κ3) is 7.44. The van der Waals surface area contributed by atoms with Crippen LogP contribution in [-0.2, 0) is 14.8 Å². The highest BCUT2D eigenvalue weighted by Crippen LogP contribution is 2.12. The molecular weight excluding hydrogens is 314 g/mol. The van der Waals surface area contributed by atoms with Crippen molar-refractivity contribution in [2.75, 3.05) is 38.5 Å². The van der Waals surface area contributed by atoms with Crippen LogP contribution < -0.4 is 10.6 Å². The third-order valence-corrected chi connectivity index (χ3v) is 5.62. The Balaban J connectivity index is 0.00000400. The molecule has 1 amide bonds. The van der Waals surface area contributed by atoms with Gasteiger partial charge < -0.3 is 10.6 Å². The van der Waals surface area contributed by atoms with Crippen molar-refractivity contribution in [3.63, 3.8) is 0 Å². The summed E-state index contributed by atoms with van der Waals surface area (Å²) in [5.41, 5.74) is 0. The molecule has 1 atom stereocenters. The monoisotopic (exact) mass is 341 g/mol. The number of sulfonamides is 1. The maximum atomic E-state index is 11.9. The van der Waals surface area contributed by atoms with E-state index in [4.69, 9.17) is 0 Å². The normalized spacial score (nSPS) is 19.1. The molecule has 0 saturated carbocycles. The molecule has 0 aliphatic carbocycles.